The van der Waals surface area contributed by atoms with Crippen LogP contribution in [0.3, 0.4) is 0 Å². The second-order valence-electron chi connectivity index (χ2n) is 4.80. The number of hydrazine groups is 1. The molecule has 1 aromatic heterocycles. The molecule has 0 amide bonds. The Kier molecular flexibility index (Phi) is 5.07. The molecule has 1 atom stereocenters. The smallest absolute Gasteiger partial charge is 0.0291 e. The van der Waals surface area contributed by atoms with Gasteiger partial charge in [-0.05, 0) is 48.1 Å². The molecule has 3 nitrogen and oxygen atoms in total. The van der Waals surface area contributed by atoms with Gasteiger partial charge in [-0.3, -0.25) is 16.3 Å². The first-order valence-corrected chi connectivity index (χ1v) is 6.74. The maximum absolute atomic E-state index is 5.66. The van der Waals surface area contributed by atoms with Gasteiger partial charge in [0.1, 0.15) is 0 Å². The van der Waals surface area contributed by atoms with Gasteiger partial charge >= 0.3 is 0 Å². The molecule has 0 aliphatic rings. The topological polar surface area (TPSA) is 50.9 Å². The fourth-order valence-corrected chi connectivity index (χ4v) is 2.19. The molecule has 1 aromatic carbocycles. The van der Waals surface area contributed by atoms with Crippen LogP contribution < -0.4 is 11.3 Å². The summed E-state index contributed by atoms with van der Waals surface area (Å²) in [5.74, 6) is 5.66. The van der Waals surface area contributed by atoms with Crippen molar-refractivity contribution in [3.63, 3.8) is 0 Å². The summed E-state index contributed by atoms with van der Waals surface area (Å²) in [4.78, 5) is 4.03. The lowest BCUT2D eigenvalue weighted by Gasteiger charge is -2.16. The van der Waals surface area contributed by atoms with Gasteiger partial charge in [-0.2, -0.15) is 0 Å². The first kappa shape index (κ1) is 13.7. The molecule has 1 unspecified atom stereocenters. The highest BCUT2D eigenvalue weighted by molar-refractivity contribution is 5.23. The Labute approximate surface area is 114 Å². The van der Waals surface area contributed by atoms with Gasteiger partial charge in [0.05, 0.1) is 0 Å². The van der Waals surface area contributed by atoms with Crippen LogP contribution in [0.5, 0.6) is 0 Å². The molecule has 1 heterocycles. The molecule has 0 radical (unpaired) electrons. The van der Waals surface area contributed by atoms with Crippen molar-refractivity contribution in [2.75, 3.05) is 0 Å². The van der Waals surface area contributed by atoms with Crippen molar-refractivity contribution in [2.24, 2.45) is 5.84 Å². The predicted molar refractivity (Wildman–Crippen MR) is 78.6 cm³/mol. The molecule has 0 saturated carbocycles. The van der Waals surface area contributed by atoms with Gasteiger partial charge in [-0.25, -0.2) is 0 Å². The van der Waals surface area contributed by atoms with E-state index >= 15 is 0 Å². The van der Waals surface area contributed by atoms with Crippen molar-refractivity contribution in [3.05, 3.63) is 65.5 Å². The first-order chi connectivity index (χ1) is 9.31. The minimum Gasteiger partial charge on any atom is -0.271 e. The van der Waals surface area contributed by atoms with Crippen molar-refractivity contribution in [2.45, 2.75) is 32.2 Å². The van der Waals surface area contributed by atoms with E-state index in [0.717, 1.165) is 19.3 Å². The number of nitrogens with two attached hydrogens (primary N) is 1. The van der Waals surface area contributed by atoms with Crippen molar-refractivity contribution >= 4 is 0 Å². The standard InChI is InChI=1S/C16H21N3/c1-2-13-3-5-14(6-4-13)11-16(19-17)12-15-7-9-18-10-8-15/h3-10,16,19H,2,11-12,17H2,1H3. The highest BCUT2D eigenvalue weighted by Gasteiger charge is 2.08. The molecule has 0 bridgehead atoms. The van der Waals surface area contributed by atoms with Gasteiger partial charge < -0.3 is 0 Å². The van der Waals surface area contributed by atoms with Crippen LogP contribution in [0.2, 0.25) is 0 Å². The third kappa shape index (κ3) is 4.16. The lowest BCUT2D eigenvalue weighted by molar-refractivity contribution is 0.522. The molecule has 0 fully saturated rings. The molecule has 0 saturated heterocycles. The van der Waals surface area contributed by atoms with Crippen molar-refractivity contribution in [1.82, 2.24) is 10.4 Å². The Morgan fingerprint density at radius 1 is 0.947 bits per heavy atom. The minimum atomic E-state index is 0.245. The number of nitrogens with zero attached hydrogens (tertiary/aromatic N) is 1. The van der Waals surface area contributed by atoms with Crippen molar-refractivity contribution < 1.29 is 0 Å². The van der Waals surface area contributed by atoms with Crippen LogP contribution >= 0.6 is 0 Å². The van der Waals surface area contributed by atoms with Crippen molar-refractivity contribution in [1.29, 1.82) is 0 Å². The quantitative estimate of drug-likeness (QED) is 0.615. The van der Waals surface area contributed by atoms with E-state index in [-0.39, 0.29) is 6.04 Å². The zero-order valence-electron chi connectivity index (χ0n) is 11.3. The van der Waals surface area contributed by atoms with Crippen LogP contribution in [0, 0.1) is 0 Å². The van der Waals surface area contributed by atoms with Crippen LogP contribution in [0.1, 0.15) is 23.6 Å². The molecule has 100 valence electrons. The molecule has 0 spiro atoms. The normalized spacial score (nSPS) is 12.3. The largest absolute Gasteiger partial charge is 0.271 e. The summed E-state index contributed by atoms with van der Waals surface area (Å²) < 4.78 is 0. The molecule has 0 aliphatic heterocycles. The summed E-state index contributed by atoms with van der Waals surface area (Å²) in [6, 6.07) is 13.1. The number of nitrogens with one attached hydrogen (secondary N) is 1. The Morgan fingerprint density at radius 3 is 2.00 bits per heavy atom. The number of hydrogen-bond acceptors (Lipinski definition) is 3. The van der Waals surface area contributed by atoms with E-state index in [1.165, 1.54) is 16.7 Å². The predicted octanol–water partition coefficient (Wildman–Crippen LogP) is 2.26. The Bertz CT molecular complexity index is 479. The number of pyridine rings is 1. The summed E-state index contributed by atoms with van der Waals surface area (Å²) in [7, 11) is 0. The van der Waals surface area contributed by atoms with Crippen LogP contribution in [-0.2, 0) is 19.3 Å². The van der Waals surface area contributed by atoms with Gasteiger partial charge in [-0.1, -0.05) is 31.2 Å². The Balaban J connectivity index is 1.98. The summed E-state index contributed by atoms with van der Waals surface area (Å²) in [5, 5.41) is 0. The van der Waals surface area contributed by atoms with Gasteiger partial charge in [0.15, 0.2) is 0 Å². The van der Waals surface area contributed by atoms with Gasteiger partial charge in [0, 0.05) is 18.4 Å². The Hall–Kier alpha value is -1.71. The summed E-state index contributed by atoms with van der Waals surface area (Å²) in [5.41, 5.74) is 6.84. The second-order valence-corrected chi connectivity index (χ2v) is 4.80. The SMILES string of the molecule is CCc1ccc(CC(Cc2ccncc2)NN)cc1. The third-order valence-corrected chi connectivity index (χ3v) is 3.38. The number of aromatic nitrogens is 1. The van der Waals surface area contributed by atoms with E-state index in [2.05, 4.69) is 41.6 Å². The summed E-state index contributed by atoms with van der Waals surface area (Å²) >= 11 is 0. The first-order valence-electron chi connectivity index (χ1n) is 6.74. The third-order valence-electron chi connectivity index (χ3n) is 3.38. The van der Waals surface area contributed by atoms with E-state index in [4.69, 9.17) is 5.84 Å². The Morgan fingerprint density at radius 2 is 1.47 bits per heavy atom. The fraction of sp³-hybridized carbons (Fsp3) is 0.312. The second kappa shape index (κ2) is 7.02. The maximum Gasteiger partial charge on any atom is 0.0291 e. The van der Waals surface area contributed by atoms with Gasteiger partial charge in [0.25, 0.3) is 0 Å². The molecule has 3 heteroatoms. The van der Waals surface area contributed by atoms with Gasteiger partial charge in [-0.15, -0.1) is 0 Å². The van der Waals surface area contributed by atoms with Crippen LogP contribution in [0.15, 0.2) is 48.8 Å². The summed E-state index contributed by atoms with van der Waals surface area (Å²) in [6.45, 7) is 2.17. The van der Waals surface area contributed by atoms with Crippen LogP contribution in [0.25, 0.3) is 0 Å². The van der Waals surface area contributed by atoms with E-state index in [0.29, 0.717) is 0 Å². The number of hydrogen-bond donors (Lipinski definition) is 2. The highest BCUT2D eigenvalue weighted by Crippen LogP contribution is 2.10. The zero-order valence-corrected chi connectivity index (χ0v) is 11.3. The molecule has 0 aliphatic carbocycles. The minimum absolute atomic E-state index is 0.245. The van der Waals surface area contributed by atoms with Crippen LogP contribution in [-0.4, -0.2) is 11.0 Å². The monoisotopic (exact) mass is 255 g/mol. The zero-order chi connectivity index (χ0) is 13.5. The fourth-order valence-electron chi connectivity index (χ4n) is 2.19. The molecule has 2 rings (SSSR count). The maximum atomic E-state index is 5.66. The lowest BCUT2D eigenvalue weighted by atomic mass is 9.99. The molecular formula is C16H21N3. The van der Waals surface area contributed by atoms with Gasteiger partial charge in [0.2, 0.25) is 0 Å². The molecular weight excluding hydrogens is 234 g/mol. The number of aryl methyl sites for hydroxylation is 1. The highest BCUT2D eigenvalue weighted by atomic mass is 15.2. The summed E-state index contributed by atoms with van der Waals surface area (Å²) in [6.07, 6.45) is 6.56. The average molecular weight is 255 g/mol. The molecule has 2 aromatic rings. The van der Waals surface area contributed by atoms with E-state index in [1.54, 1.807) is 0 Å². The van der Waals surface area contributed by atoms with E-state index in [1.807, 2.05) is 24.5 Å². The lowest BCUT2D eigenvalue weighted by Crippen LogP contribution is -2.38. The van der Waals surface area contributed by atoms with E-state index in [9.17, 15) is 0 Å². The molecule has 3 N–H and O–H groups in total. The average Bonchev–Trinajstić information content (AvgIpc) is 2.48. The number of benzene rings is 1. The van der Waals surface area contributed by atoms with Crippen molar-refractivity contribution in [3.8, 4) is 0 Å². The number of rotatable bonds is 6. The van der Waals surface area contributed by atoms with Crippen LogP contribution in [0.4, 0.5) is 0 Å². The molecule has 19 heavy (non-hydrogen) atoms. The van der Waals surface area contributed by atoms with E-state index < -0.39 is 0 Å².